The normalized spacial score (nSPS) is 12.3. The van der Waals surface area contributed by atoms with E-state index in [0.29, 0.717) is 12.0 Å². The summed E-state index contributed by atoms with van der Waals surface area (Å²) in [5, 5.41) is 24.2. The largest absolute Gasteiger partial charge is 0.394 e. The van der Waals surface area contributed by atoms with Crippen molar-refractivity contribution in [3.05, 3.63) is 29.8 Å². The van der Waals surface area contributed by atoms with Crippen LogP contribution in [0.2, 0.25) is 0 Å². The van der Waals surface area contributed by atoms with Gasteiger partial charge in [0.1, 0.15) is 0 Å². The second kappa shape index (κ2) is 9.16. The molecule has 23 heavy (non-hydrogen) atoms. The van der Waals surface area contributed by atoms with Gasteiger partial charge in [-0.05, 0) is 57.4 Å². The van der Waals surface area contributed by atoms with E-state index in [0.717, 1.165) is 25.1 Å². The lowest BCUT2D eigenvalue weighted by Gasteiger charge is -2.15. The summed E-state index contributed by atoms with van der Waals surface area (Å²) in [6.45, 7) is 6.54. The Bertz CT molecular complexity index is 528. The van der Waals surface area contributed by atoms with Crippen LogP contribution in [0.3, 0.4) is 0 Å². The molecule has 5 nitrogen and oxygen atoms in total. The fraction of sp³-hybridized carbons (Fsp3) is 0.556. The molecule has 0 aromatic heterocycles. The fourth-order valence-electron chi connectivity index (χ4n) is 2.10. The molecule has 1 aromatic rings. The zero-order valence-corrected chi connectivity index (χ0v) is 14.2. The van der Waals surface area contributed by atoms with Gasteiger partial charge in [0.15, 0.2) is 0 Å². The maximum atomic E-state index is 12.0. The lowest BCUT2D eigenvalue weighted by Crippen LogP contribution is -2.36. The molecule has 5 heteroatoms. The molecule has 0 bridgehead atoms. The van der Waals surface area contributed by atoms with E-state index in [1.54, 1.807) is 12.1 Å². The van der Waals surface area contributed by atoms with Crippen molar-refractivity contribution < 1.29 is 9.90 Å². The molecule has 0 heterocycles. The Morgan fingerprint density at radius 1 is 1.35 bits per heavy atom. The molecular formula is C18H27N3O2. The summed E-state index contributed by atoms with van der Waals surface area (Å²) in [6, 6.07) is 9.35. The first kappa shape index (κ1) is 19.0. The van der Waals surface area contributed by atoms with E-state index in [-0.39, 0.29) is 24.0 Å². The summed E-state index contributed by atoms with van der Waals surface area (Å²) in [4.78, 5) is 12.0. The molecule has 126 valence electrons. The van der Waals surface area contributed by atoms with Gasteiger partial charge in [0.2, 0.25) is 0 Å². The monoisotopic (exact) mass is 317 g/mol. The number of aliphatic hydroxyl groups is 1. The number of hydrogen-bond acceptors (Lipinski definition) is 4. The number of anilines is 1. The van der Waals surface area contributed by atoms with Crippen molar-refractivity contribution in [1.82, 2.24) is 5.32 Å². The number of carbonyl (C=O) groups is 1. The van der Waals surface area contributed by atoms with Crippen molar-refractivity contribution in [2.75, 3.05) is 18.5 Å². The van der Waals surface area contributed by atoms with Gasteiger partial charge in [0.25, 0.3) is 5.91 Å². The van der Waals surface area contributed by atoms with Crippen molar-refractivity contribution >= 4 is 11.6 Å². The first-order chi connectivity index (χ1) is 10.9. The smallest absolute Gasteiger partial charge is 0.251 e. The number of aliphatic hydroxyl groups excluding tert-OH is 1. The van der Waals surface area contributed by atoms with Crippen LogP contribution in [-0.4, -0.2) is 30.2 Å². The molecule has 0 fully saturated rings. The summed E-state index contributed by atoms with van der Waals surface area (Å²) in [5.74, 6) is -0.173. The molecule has 0 aliphatic carbocycles. The molecule has 0 saturated carbocycles. The molecule has 0 aliphatic rings. The summed E-state index contributed by atoms with van der Waals surface area (Å²) in [5.41, 5.74) is 1.24. The van der Waals surface area contributed by atoms with Gasteiger partial charge in [0.05, 0.1) is 24.1 Å². The van der Waals surface area contributed by atoms with Gasteiger partial charge in [-0.1, -0.05) is 6.92 Å². The number of rotatable bonds is 9. The van der Waals surface area contributed by atoms with Crippen LogP contribution >= 0.6 is 0 Å². The highest BCUT2D eigenvalue weighted by atomic mass is 16.3. The van der Waals surface area contributed by atoms with Crippen LogP contribution in [0.15, 0.2) is 24.3 Å². The molecule has 0 saturated heterocycles. The second-order valence-electron chi connectivity index (χ2n) is 6.36. The quantitative estimate of drug-likeness (QED) is 0.611. The van der Waals surface area contributed by atoms with Crippen molar-refractivity contribution in [1.29, 1.82) is 5.26 Å². The molecule has 0 aliphatic heterocycles. The standard InChI is InChI=1S/C18H27N3O2/c1-4-15(12-22)21-17(23)14-6-8-16(9-7-14)20-11-5-10-18(2,3)13-19/h6-9,15,20,22H,4-5,10-12H2,1-3H3,(H,21,23). The highest BCUT2D eigenvalue weighted by molar-refractivity contribution is 5.94. The average molecular weight is 317 g/mol. The second-order valence-corrected chi connectivity index (χ2v) is 6.36. The van der Waals surface area contributed by atoms with E-state index in [1.807, 2.05) is 32.9 Å². The predicted molar refractivity (Wildman–Crippen MR) is 92.2 cm³/mol. The summed E-state index contributed by atoms with van der Waals surface area (Å²) in [7, 11) is 0. The van der Waals surface area contributed by atoms with Crippen molar-refractivity contribution in [3.63, 3.8) is 0 Å². The molecule has 1 rings (SSSR count). The van der Waals surface area contributed by atoms with Gasteiger partial charge in [-0.3, -0.25) is 4.79 Å². The van der Waals surface area contributed by atoms with Crippen molar-refractivity contribution in [2.45, 2.75) is 46.1 Å². The Morgan fingerprint density at radius 2 is 2.00 bits per heavy atom. The maximum Gasteiger partial charge on any atom is 0.251 e. The van der Waals surface area contributed by atoms with Crippen LogP contribution in [0.1, 0.15) is 50.4 Å². The van der Waals surface area contributed by atoms with Crippen LogP contribution in [0.4, 0.5) is 5.69 Å². The van der Waals surface area contributed by atoms with E-state index >= 15 is 0 Å². The third-order valence-corrected chi connectivity index (χ3v) is 3.81. The fourth-order valence-corrected chi connectivity index (χ4v) is 2.10. The number of nitriles is 1. The third kappa shape index (κ3) is 6.70. The number of carbonyl (C=O) groups excluding carboxylic acids is 1. The van der Waals surface area contributed by atoms with Gasteiger partial charge in [-0.2, -0.15) is 5.26 Å². The van der Waals surface area contributed by atoms with Crippen LogP contribution in [-0.2, 0) is 0 Å². The average Bonchev–Trinajstić information content (AvgIpc) is 2.57. The number of hydrogen-bond donors (Lipinski definition) is 3. The Kier molecular flexibility index (Phi) is 7.56. The molecule has 3 N–H and O–H groups in total. The lowest BCUT2D eigenvalue weighted by molar-refractivity contribution is 0.0915. The minimum Gasteiger partial charge on any atom is -0.394 e. The van der Waals surface area contributed by atoms with Crippen molar-refractivity contribution in [2.24, 2.45) is 5.41 Å². The molecular weight excluding hydrogens is 290 g/mol. The van der Waals surface area contributed by atoms with Gasteiger partial charge in [0, 0.05) is 17.8 Å². The third-order valence-electron chi connectivity index (χ3n) is 3.81. The van der Waals surface area contributed by atoms with E-state index in [4.69, 9.17) is 10.4 Å². The van der Waals surface area contributed by atoms with Gasteiger partial charge in [-0.15, -0.1) is 0 Å². The zero-order valence-electron chi connectivity index (χ0n) is 14.2. The van der Waals surface area contributed by atoms with E-state index in [1.165, 1.54) is 0 Å². The summed E-state index contributed by atoms with van der Waals surface area (Å²) >= 11 is 0. The molecule has 1 amide bonds. The zero-order chi connectivity index (χ0) is 17.3. The lowest BCUT2D eigenvalue weighted by atomic mass is 9.90. The molecule has 1 atom stereocenters. The van der Waals surface area contributed by atoms with Crippen LogP contribution in [0.25, 0.3) is 0 Å². The molecule has 1 aromatic carbocycles. The summed E-state index contributed by atoms with van der Waals surface area (Å²) < 4.78 is 0. The Morgan fingerprint density at radius 3 is 2.52 bits per heavy atom. The Balaban J connectivity index is 2.44. The van der Waals surface area contributed by atoms with Crippen LogP contribution in [0, 0.1) is 16.7 Å². The van der Waals surface area contributed by atoms with Crippen LogP contribution in [0.5, 0.6) is 0 Å². The maximum absolute atomic E-state index is 12.0. The molecule has 1 unspecified atom stereocenters. The van der Waals surface area contributed by atoms with Crippen LogP contribution < -0.4 is 10.6 Å². The molecule has 0 spiro atoms. The minimum absolute atomic E-state index is 0.0546. The topological polar surface area (TPSA) is 85.2 Å². The summed E-state index contributed by atoms with van der Waals surface area (Å²) in [6.07, 6.45) is 2.45. The highest BCUT2D eigenvalue weighted by Crippen LogP contribution is 2.20. The van der Waals surface area contributed by atoms with Gasteiger partial charge < -0.3 is 15.7 Å². The van der Waals surface area contributed by atoms with E-state index < -0.39 is 0 Å². The van der Waals surface area contributed by atoms with Gasteiger partial charge >= 0.3 is 0 Å². The van der Waals surface area contributed by atoms with Gasteiger partial charge in [-0.25, -0.2) is 0 Å². The minimum atomic E-state index is -0.286. The number of benzene rings is 1. The Labute approximate surface area is 138 Å². The number of nitrogens with zero attached hydrogens (tertiary/aromatic N) is 1. The van der Waals surface area contributed by atoms with Crippen molar-refractivity contribution in [3.8, 4) is 6.07 Å². The highest BCUT2D eigenvalue weighted by Gasteiger charge is 2.15. The first-order valence-corrected chi connectivity index (χ1v) is 8.08. The first-order valence-electron chi connectivity index (χ1n) is 8.08. The number of amides is 1. The van der Waals surface area contributed by atoms with E-state index in [9.17, 15) is 4.79 Å². The number of nitrogens with one attached hydrogen (secondary N) is 2. The molecule has 0 radical (unpaired) electrons. The predicted octanol–water partition coefficient (Wildman–Crippen LogP) is 2.93. The SMILES string of the molecule is CCC(CO)NC(=O)c1ccc(NCCCC(C)(C)C#N)cc1. The van der Waals surface area contributed by atoms with E-state index in [2.05, 4.69) is 16.7 Å². The Hall–Kier alpha value is -2.06.